The molecule has 8 heteroatoms. The highest BCUT2D eigenvalue weighted by Gasteiger charge is 2.04. The topological polar surface area (TPSA) is 108 Å². The van der Waals surface area contributed by atoms with Crippen LogP contribution in [-0.2, 0) is 10.0 Å². The molecule has 0 spiro atoms. The molecule has 0 radical (unpaired) electrons. The molecule has 0 bridgehead atoms. The second-order valence-corrected chi connectivity index (χ2v) is 6.33. The zero-order valence-electron chi connectivity index (χ0n) is 11.7. The summed E-state index contributed by atoms with van der Waals surface area (Å²) in [5.74, 6) is 0.111. The second kappa shape index (κ2) is 6.35. The molecule has 0 unspecified atom stereocenters. The van der Waals surface area contributed by atoms with Gasteiger partial charge in [-0.3, -0.25) is 4.72 Å². The summed E-state index contributed by atoms with van der Waals surface area (Å²) in [6.07, 6.45) is 1.06. The molecule has 7 nitrogen and oxygen atoms in total. The number of hydrogen-bond acceptors (Lipinski definition) is 4. The van der Waals surface area contributed by atoms with E-state index in [9.17, 15) is 13.2 Å². The fourth-order valence-corrected chi connectivity index (χ4v) is 2.24. The monoisotopic (exact) mass is 321 g/mol. The number of amides is 2. The maximum atomic E-state index is 11.8. The summed E-state index contributed by atoms with van der Waals surface area (Å²) < 4.78 is 24.5. The first kappa shape index (κ1) is 15.6. The number of hydrogen-bond donors (Lipinski definition) is 4. The van der Waals surface area contributed by atoms with Crippen molar-refractivity contribution in [3.05, 3.63) is 48.5 Å². The van der Waals surface area contributed by atoms with E-state index in [1.54, 1.807) is 24.3 Å². The minimum atomic E-state index is -3.33. The molecule has 2 aromatic rings. The Morgan fingerprint density at radius 3 is 1.73 bits per heavy atom. The average Bonchev–Trinajstić information content (AvgIpc) is 2.42. The van der Waals surface area contributed by atoms with E-state index in [-0.39, 0.29) is 5.75 Å². The number of benzene rings is 2. The predicted octanol–water partition coefficient (Wildman–Crippen LogP) is 2.41. The van der Waals surface area contributed by atoms with E-state index < -0.39 is 16.1 Å². The van der Waals surface area contributed by atoms with Crippen molar-refractivity contribution in [2.24, 2.45) is 0 Å². The molecule has 0 saturated carbocycles. The van der Waals surface area contributed by atoms with Crippen LogP contribution >= 0.6 is 0 Å². The number of nitrogens with one attached hydrogen (secondary N) is 3. The molecule has 0 aliphatic heterocycles. The van der Waals surface area contributed by atoms with Crippen molar-refractivity contribution in [2.75, 3.05) is 21.6 Å². The molecule has 0 atom stereocenters. The lowest BCUT2D eigenvalue weighted by Crippen LogP contribution is -2.19. The van der Waals surface area contributed by atoms with Crippen LogP contribution in [0.1, 0.15) is 0 Å². The maximum Gasteiger partial charge on any atom is 0.323 e. The van der Waals surface area contributed by atoms with E-state index in [0.29, 0.717) is 17.1 Å². The van der Waals surface area contributed by atoms with Gasteiger partial charge in [-0.1, -0.05) is 0 Å². The van der Waals surface area contributed by atoms with Crippen molar-refractivity contribution in [3.63, 3.8) is 0 Å². The van der Waals surface area contributed by atoms with Gasteiger partial charge in [0.25, 0.3) is 0 Å². The van der Waals surface area contributed by atoms with E-state index in [0.717, 1.165) is 6.26 Å². The molecule has 2 rings (SSSR count). The second-order valence-electron chi connectivity index (χ2n) is 4.58. The van der Waals surface area contributed by atoms with Crippen LogP contribution in [0.4, 0.5) is 21.9 Å². The van der Waals surface area contributed by atoms with Gasteiger partial charge in [-0.2, -0.15) is 0 Å². The summed E-state index contributed by atoms with van der Waals surface area (Å²) in [6, 6.07) is 11.8. The quantitative estimate of drug-likeness (QED) is 0.649. The molecule has 0 heterocycles. The predicted molar refractivity (Wildman–Crippen MR) is 85.7 cm³/mol. The number of urea groups is 1. The number of carbonyl (C=O) groups is 1. The largest absolute Gasteiger partial charge is 0.508 e. The highest BCUT2D eigenvalue weighted by atomic mass is 32.2. The zero-order chi connectivity index (χ0) is 16.2. The number of phenols is 1. The summed E-state index contributed by atoms with van der Waals surface area (Å²) in [4.78, 5) is 11.8. The van der Waals surface area contributed by atoms with Gasteiger partial charge in [0.15, 0.2) is 0 Å². The normalized spacial score (nSPS) is 10.8. The standard InChI is InChI=1S/C14H15N3O4S/c1-22(20,21)17-12-4-2-10(3-5-12)15-14(19)16-11-6-8-13(18)9-7-11/h2-9,17-18H,1H3,(H2,15,16,19). The Kier molecular flexibility index (Phi) is 4.52. The van der Waals surface area contributed by atoms with Crippen LogP contribution in [0, 0.1) is 0 Å². The lowest BCUT2D eigenvalue weighted by atomic mass is 10.3. The Bertz CT molecular complexity index is 756. The lowest BCUT2D eigenvalue weighted by Gasteiger charge is -2.09. The Morgan fingerprint density at radius 2 is 1.27 bits per heavy atom. The smallest absolute Gasteiger partial charge is 0.323 e. The van der Waals surface area contributed by atoms with Crippen molar-refractivity contribution < 1.29 is 18.3 Å². The third-order valence-electron chi connectivity index (χ3n) is 2.57. The summed E-state index contributed by atoms with van der Waals surface area (Å²) in [5, 5.41) is 14.4. The maximum absolute atomic E-state index is 11.8. The molecule has 0 fully saturated rings. The van der Waals surface area contributed by atoms with E-state index in [1.807, 2.05) is 0 Å². The van der Waals surface area contributed by atoms with E-state index >= 15 is 0 Å². The fourth-order valence-electron chi connectivity index (χ4n) is 1.67. The third kappa shape index (κ3) is 4.98. The first-order chi connectivity index (χ1) is 10.3. The summed E-state index contributed by atoms with van der Waals surface area (Å²) >= 11 is 0. The molecular formula is C14H15N3O4S. The van der Waals surface area contributed by atoms with Crippen LogP contribution in [0.15, 0.2) is 48.5 Å². The fraction of sp³-hybridized carbons (Fsp3) is 0.0714. The summed E-state index contributed by atoms with van der Waals surface area (Å²) in [6.45, 7) is 0. The molecule has 22 heavy (non-hydrogen) atoms. The summed E-state index contributed by atoms with van der Waals surface area (Å²) in [5.41, 5.74) is 1.45. The van der Waals surface area contributed by atoms with Crippen molar-refractivity contribution in [1.29, 1.82) is 0 Å². The van der Waals surface area contributed by atoms with Crippen molar-refractivity contribution >= 4 is 33.1 Å². The lowest BCUT2D eigenvalue weighted by molar-refractivity contribution is 0.262. The van der Waals surface area contributed by atoms with Crippen LogP contribution in [0.3, 0.4) is 0 Å². The molecule has 0 saturated heterocycles. The van der Waals surface area contributed by atoms with E-state index in [4.69, 9.17) is 5.11 Å². The van der Waals surface area contributed by atoms with Gasteiger partial charge < -0.3 is 15.7 Å². The van der Waals surface area contributed by atoms with Gasteiger partial charge in [0, 0.05) is 17.1 Å². The average molecular weight is 321 g/mol. The SMILES string of the molecule is CS(=O)(=O)Nc1ccc(NC(=O)Nc2ccc(O)cc2)cc1. The van der Waals surface area contributed by atoms with Crippen molar-refractivity contribution in [1.82, 2.24) is 0 Å². The van der Waals surface area contributed by atoms with Gasteiger partial charge in [-0.05, 0) is 48.5 Å². The molecule has 0 aliphatic carbocycles. The molecule has 116 valence electrons. The van der Waals surface area contributed by atoms with Crippen molar-refractivity contribution in [3.8, 4) is 5.75 Å². The Hall–Kier alpha value is -2.74. The number of rotatable bonds is 4. The summed E-state index contributed by atoms with van der Waals surface area (Å²) in [7, 11) is -3.33. The number of aromatic hydroxyl groups is 1. The highest BCUT2D eigenvalue weighted by molar-refractivity contribution is 7.92. The molecule has 0 aliphatic rings. The number of phenolic OH excluding ortho intramolecular Hbond substituents is 1. The van der Waals surface area contributed by atoms with Gasteiger partial charge in [0.05, 0.1) is 6.26 Å². The Morgan fingerprint density at radius 1 is 0.864 bits per heavy atom. The molecule has 2 aromatic carbocycles. The minimum Gasteiger partial charge on any atom is -0.508 e. The van der Waals surface area contributed by atoms with Gasteiger partial charge in [0.1, 0.15) is 5.75 Å². The highest BCUT2D eigenvalue weighted by Crippen LogP contribution is 2.16. The molecule has 2 amide bonds. The van der Waals surface area contributed by atoms with Crippen LogP contribution < -0.4 is 15.4 Å². The van der Waals surface area contributed by atoms with E-state index in [1.165, 1.54) is 24.3 Å². The Labute approximate surface area is 128 Å². The number of carbonyl (C=O) groups excluding carboxylic acids is 1. The number of sulfonamides is 1. The first-order valence-electron chi connectivity index (χ1n) is 6.27. The first-order valence-corrected chi connectivity index (χ1v) is 8.16. The van der Waals surface area contributed by atoms with Gasteiger partial charge in [-0.15, -0.1) is 0 Å². The Balaban J connectivity index is 1.95. The van der Waals surface area contributed by atoms with E-state index in [2.05, 4.69) is 15.4 Å². The van der Waals surface area contributed by atoms with Gasteiger partial charge >= 0.3 is 6.03 Å². The number of anilines is 3. The van der Waals surface area contributed by atoms with Crippen LogP contribution in [0.5, 0.6) is 5.75 Å². The zero-order valence-corrected chi connectivity index (χ0v) is 12.5. The molecular weight excluding hydrogens is 306 g/mol. The van der Waals surface area contributed by atoms with Crippen LogP contribution in [0.25, 0.3) is 0 Å². The third-order valence-corrected chi connectivity index (χ3v) is 3.18. The molecule has 0 aromatic heterocycles. The van der Waals surface area contributed by atoms with Gasteiger partial charge in [0.2, 0.25) is 10.0 Å². The minimum absolute atomic E-state index is 0.111. The molecule has 4 N–H and O–H groups in total. The van der Waals surface area contributed by atoms with Crippen molar-refractivity contribution in [2.45, 2.75) is 0 Å². The van der Waals surface area contributed by atoms with Crippen LogP contribution in [-0.4, -0.2) is 25.8 Å². The van der Waals surface area contributed by atoms with Gasteiger partial charge in [-0.25, -0.2) is 13.2 Å². The van der Waals surface area contributed by atoms with Crippen LogP contribution in [0.2, 0.25) is 0 Å².